The molecular formula is C45H70Cl2N8O8. The fourth-order valence-electron chi connectivity index (χ4n) is 8.21. The third kappa shape index (κ3) is 16.0. The molecule has 4 heterocycles. The lowest BCUT2D eigenvalue weighted by Gasteiger charge is -2.38. The molecule has 2 aromatic rings. The number of likely N-dealkylation sites (tertiary alicyclic amines) is 1. The summed E-state index contributed by atoms with van der Waals surface area (Å²) in [6.45, 7) is 21.5. The van der Waals surface area contributed by atoms with E-state index in [1.165, 1.54) is 18.9 Å². The SMILES string of the molecule is CCOc1cc(N)c(Cl)cc1C(=O)NCC1CN(CC2CCN(C(=O)OC(C)(C)C)CC2)CCO1.CCOc1cc(N)c(Cl)cc1C(=O)NCC1CN(CC2CCNCC2)CCO1. The molecule has 352 valence electrons. The van der Waals surface area contributed by atoms with Crippen LogP contribution < -0.4 is 36.9 Å². The molecule has 4 saturated heterocycles. The van der Waals surface area contributed by atoms with Crippen LogP contribution in [0.15, 0.2) is 24.3 Å². The number of nitrogens with zero attached hydrogens (tertiary/aromatic N) is 3. The molecule has 18 heteroatoms. The first-order chi connectivity index (χ1) is 30.1. The Hall–Kier alpha value is -3.77. The van der Waals surface area contributed by atoms with E-state index in [9.17, 15) is 14.4 Å². The van der Waals surface area contributed by atoms with Crippen LogP contribution in [0.3, 0.4) is 0 Å². The summed E-state index contributed by atoms with van der Waals surface area (Å²) in [6, 6.07) is 6.27. The number of halogens is 2. The molecule has 2 aromatic carbocycles. The highest BCUT2D eigenvalue weighted by Gasteiger charge is 2.30. The Balaban J connectivity index is 0.000000243. The largest absolute Gasteiger partial charge is 0.493 e. The van der Waals surface area contributed by atoms with Crippen molar-refractivity contribution >= 4 is 52.5 Å². The molecule has 7 N–H and O–H groups in total. The Morgan fingerprint density at radius 3 is 1.60 bits per heavy atom. The van der Waals surface area contributed by atoms with Crippen molar-refractivity contribution in [1.82, 2.24) is 30.7 Å². The number of hydrogen-bond donors (Lipinski definition) is 5. The predicted octanol–water partition coefficient (Wildman–Crippen LogP) is 5.15. The van der Waals surface area contributed by atoms with E-state index in [0.29, 0.717) is 89.5 Å². The van der Waals surface area contributed by atoms with E-state index < -0.39 is 5.60 Å². The van der Waals surface area contributed by atoms with E-state index in [1.54, 1.807) is 23.1 Å². The molecule has 0 aliphatic carbocycles. The molecule has 0 spiro atoms. The second-order valence-corrected chi connectivity index (χ2v) is 18.4. The zero-order valence-corrected chi connectivity index (χ0v) is 39.3. The van der Waals surface area contributed by atoms with Crippen molar-refractivity contribution in [2.45, 2.75) is 78.1 Å². The Morgan fingerprint density at radius 2 is 1.17 bits per heavy atom. The van der Waals surface area contributed by atoms with Crippen LogP contribution in [0.25, 0.3) is 0 Å². The monoisotopic (exact) mass is 920 g/mol. The van der Waals surface area contributed by atoms with Gasteiger partial charge in [0, 0.05) is 77.6 Å². The number of nitrogen functional groups attached to an aromatic ring is 2. The molecule has 0 bridgehead atoms. The van der Waals surface area contributed by atoms with E-state index in [4.69, 9.17) is 58.4 Å². The van der Waals surface area contributed by atoms with Gasteiger partial charge in [0.25, 0.3) is 11.8 Å². The van der Waals surface area contributed by atoms with Gasteiger partial charge in [-0.25, -0.2) is 4.79 Å². The summed E-state index contributed by atoms with van der Waals surface area (Å²) in [7, 11) is 0. The summed E-state index contributed by atoms with van der Waals surface area (Å²) >= 11 is 12.2. The number of anilines is 2. The van der Waals surface area contributed by atoms with Crippen molar-refractivity contribution in [3.8, 4) is 11.5 Å². The van der Waals surface area contributed by atoms with Crippen molar-refractivity contribution < 1.29 is 38.1 Å². The van der Waals surface area contributed by atoms with Crippen LogP contribution in [0.2, 0.25) is 10.0 Å². The number of nitrogens with one attached hydrogen (secondary N) is 3. The summed E-state index contributed by atoms with van der Waals surface area (Å²) in [4.78, 5) is 44.4. The first-order valence-corrected chi connectivity index (χ1v) is 23.2. The second kappa shape index (κ2) is 24.5. The van der Waals surface area contributed by atoms with Crippen molar-refractivity contribution in [2.24, 2.45) is 11.8 Å². The van der Waals surface area contributed by atoms with Crippen LogP contribution in [0.4, 0.5) is 16.2 Å². The maximum Gasteiger partial charge on any atom is 0.410 e. The van der Waals surface area contributed by atoms with Gasteiger partial charge in [-0.2, -0.15) is 0 Å². The Labute approximate surface area is 383 Å². The topological polar surface area (TPSA) is 195 Å². The van der Waals surface area contributed by atoms with Gasteiger partial charge in [-0.3, -0.25) is 19.4 Å². The van der Waals surface area contributed by atoms with Crippen LogP contribution in [0.1, 0.15) is 81.0 Å². The minimum absolute atomic E-state index is 0.0146. The lowest BCUT2D eigenvalue weighted by molar-refractivity contribution is -0.0342. The fourth-order valence-corrected chi connectivity index (χ4v) is 8.53. The Kier molecular flexibility index (Phi) is 19.5. The quantitative estimate of drug-likeness (QED) is 0.156. The average Bonchev–Trinajstić information content (AvgIpc) is 3.25. The number of nitrogens with two attached hydrogens (primary N) is 2. The van der Waals surface area contributed by atoms with Crippen molar-refractivity contribution in [3.05, 3.63) is 45.4 Å². The van der Waals surface area contributed by atoms with Gasteiger partial charge in [-0.05, 0) is 97.4 Å². The van der Waals surface area contributed by atoms with Gasteiger partial charge in [0.1, 0.15) is 17.1 Å². The van der Waals surface area contributed by atoms with Crippen LogP contribution >= 0.6 is 23.2 Å². The standard InChI is InChI=1S/C25H39ClN4O5.C20H31ClN4O3/c1-5-33-22-13-21(27)20(26)12-19(22)23(31)28-14-18-16-29(10-11-34-18)15-17-6-8-30(9-7-17)24(32)35-25(2,3)4;1-2-27-19-10-18(22)17(21)9-16(19)20(26)24-11-15-13-25(7-8-28-15)12-14-3-5-23-6-4-14/h12-13,17-18H,5-11,14-16,27H2,1-4H3,(H,28,31);9-10,14-15,23H,2-8,11-13,22H2,1H3,(H,24,26). The molecule has 4 fully saturated rings. The minimum Gasteiger partial charge on any atom is -0.493 e. The zero-order chi connectivity index (χ0) is 45.5. The van der Waals surface area contributed by atoms with E-state index in [2.05, 4.69) is 25.8 Å². The summed E-state index contributed by atoms with van der Waals surface area (Å²) < 4.78 is 28.4. The number of carbonyl (C=O) groups is 3. The number of rotatable bonds is 14. The van der Waals surface area contributed by atoms with Gasteiger partial charge < -0.3 is 56.0 Å². The summed E-state index contributed by atoms with van der Waals surface area (Å²) in [5.74, 6) is 1.62. The molecule has 63 heavy (non-hydrogen) atoms. The highest BCUT2D eigenvalue weighted by atomic mass is 35.5. The molecule has 0 aromatic heterocycles. The second-order valence-electron chi connectivity index (χ2n) is 17.6. The van der Waals surface area contributed by atoms with Gasteiger partial charge in [0.2, 0.25) is 0 Å². The van der Waals surface area contributed by atoms with Crippen molar-refractivity contribution in [2.75, 3.05) is 116 Å². The number of carbonyl (C=O) groups excluding carboxylic acids is 3. The highest BCUT2D eigenvalue weighted by Crippen LogP contribution is 2.31. The number of ether oxygens (including phenoxy) is 5. The maximum absolute atomic E-state index is 12.8. The number of hydrogen-bond acceptors (Lipinski definition) is 13. The molecule has 6 rings (SSSR count). The van der Waals surface area contributed by atoms with Gasteiger partial charge in [0.05, 0.1) is 71.2 Å². The zero-order valence-electron chi connectivity index (χ0n) is 37.8. The number of benzene rings is 2. The van der Waals surface area contributed by atoms with Crippen LogP contribution in [-0.2, 0) is 14.2 Å². The highest BCUT2D eigenvalue weighted by molar-refractivity contribution is 6.34. The van der Waals surface area contributed by atoms with Gasteiger partial charge in [-0.1, -0.05) is 23.2 Å². The molecule has 3 amide bonds. The third-order valence-corrected chi connectivity index (χ3v) is 12.1. The van der Waals surface area contributed by atoms with E-state index in [-0.39, 0.29) is 30.1 Å². The van der Waals surface area contributed by atoms with Crippen LogP contribution in [0, 0.1) is 11.8 Å². The van der Waals surface area contributed by atoms with Crippen molar-refractivity contribution in [1.29, 1.82) is 0 Å². The smallest absolute Gasteiger partial charge is 0.410 e. The van der Waals surface area contributed by atoms with Gasteiger partial charge in [0.15, 0.2) is 0 Å². The van der Waals surface area contributed by atoms with E-state index in [1.807, 2.05) is 34.6 Å². The first kappa shape index (κ1) is 50.2. The maximum atomic E-state index is 12.8. The molecule has 4 aliphatic rings. The lowest BCUT2D eigenvalue weighted by Crippen LogP contribution is -2.50. The molecule has 0 radical (unpaired) electrons. The first-order valence-electron chi connectivity index (χ1n) is 22.5. The molecule has 2 atom stereocenters. The third-order valence-electron chi connectivity index (χ3n) is 11.5. The van der Waals surface area contributed by atoms with Gasteiger partial charge >= 0.3 is 6.09 Å². The fraction of sp³-hybridized carbons (Fsp3) is 0.667. The Bertz CT molecular complexity index is 1810. The van der Waals surface area contributed by atoms with Crippen molar-refractivity contribution in [3.63, 3.8) is 0 Å². The molecule has 0 saturated carbocycles. The molecule has 2 unspecified atom stereocenters. The van der Waals surface area contributed by atoms with E-state index in [0.717, 1.165) is 84.2 Å². The number of morpholine rings is 2. The number of amides is 3. The molecular weight excluding hydrogens is 851 g/mol. The number of piperidine rings is 2. The molecule has 16 nitrogen and oxygen atoms in total. The minimum atomic E-state index is -0.475. The van der Waals surface area contributed by atoms with Crippen LogP contribution in [0.5, 0.6) is 11.5 Å². The normalized spacial score (nSPS) is 20.6. The van der Waals surface area contributed by atoms with E-state index >= 15 is 0 Å². The molecule has 4 aliphatic heterocycles. The van der Waals surface area contributed by atoms with Crippen LogP contribution in [-0.4, -0.2) is 155 Å². The summed E-state index contributed by atoms with van der Waals surface area (Å²) in [5.41, 5.74) is 12.7. The Morgan fingerprint density at radius 1 is 0.730 bits per heavy atom. The van der Waals surface area contributed by atoms with Gasteiger partial charge in [-0.15, -0.1) is 0 Å². The lowest BCUT2D eigenvalue weighted by atomic mass is 9.96. The average molecular weight is 922 g/mol. The predicted molar refractivity (Wildman–Crippen MR) is 247 cm³/mol. The summed E-state index contributed by atoms with van der Waals surface area (Å²) in [5, 5.41) is 9.98. The summed E-state index contributed by atoms with van der Waals surface area (Å²) in [6.07, 6.45) is 4.03.